The van der Waals surface area contributed by atoms with Gasteiger partial charge in [-0.1, -0.05) is 29.8 Å². The van der Waals surface area contributed by atoms with E-state index in [0.29, 0.717) is 28.8 Å². The highest BCUT2D eigenvalue weighted by atomic mass is 35.5. The van der Waals surface area contributed by atoms with Crippen LogP contribution in [0.1, 0.15) is 5.82 Å². The van der Waals surface area contributed by atoms with E-state index in [-0.39, 0.29) is 12.5 Å². The second-order valence-electron chi connectivity index (χ2n) is 7.77. The topological polar surface area (TPSA) is 68.6 Å². The number of para-hydroxylation sites is 2. The molecule has 0 aliphatic carbocycles. The third-order valence-corrected chi connectivity index (χ3v) is 5.87. The minimum Gasteiger partial charge on any atom is -0.493 e. The van der Waals surface area contributed by atoms with Crippen LogP contribution in [0.5, 0.6) is 11.5 Å². The van der Waals surface area contributed by atoms with E-state index >= 15 is 0 Å². The van der Waals surface area contributed by atoms with E-state index in [9.17, 15) is 4.79 Å². The van der Waals surface area contributed by atoms with E-state index in [2.05, 4.69) is 14.8 Å². The number of fused-ring (bicyclic) bond motifs is 3. The first-order valence-electron chi connectivity index (χ1n) is 10.7. The van der Waals surface area contributed by atoms with E-state index in [1.54, 1.807) is 19.2 Å². The van der Waals surface area contributed by atoms with Gasteiger partial charge in [0.05, 0.1) is 24.7 Å². The molecule has 0 atom stereocenters. The number of methoxy groups -OCH3 is 1. The first-order valence-corrected chi connectivity index (χ1v) is 11.0. The highest BCUT2D eigenvalue weighted by Gasteiger charge is 2.21. The van der Waals surface area contributed by atoms with Crippen molar-refractivity contribution < 1.29 is 14.3 Å². The standard InChI is InChI=1S/C25H23ClN4O3/c1-32-22-7-2-3-8-23(22)33-16-25(31)27-18-5-4-6-19(14-18)29-11-12-30-21-10-9-17(26)13-20(21)28-24(30)15-29/h2-10,13-14H,11-12,15-16H2,1H3,(H,27,31). The minimum absolute atomic E-state index is 0.110. The first kappa shape index (κ1) is 21.2. The van der Waals surface area contributed by atoms with Crippen LogP contribution in [0, 0.1) is 0 Å². The molecule has 1 N–H and O–H groups in total. The van der Waals surface area contributed by atoms with Gasteiger partial charge in [0.15, 0.2) is 18.1 Å². The number of ether oxygens (including phenoxy) is 2. The van der Waals surface area contributed by atoms with Gasteiger partial charge in [-0.2, -0.15) is 0 Å². The maximum Gasteiger partial charge on any atom is 0.262 e. The molecule has 7 nitrogen and oxygen atoms in total. The van der Waals surface area contributed by atoms with E-state index < -0.39 is 0 Å². The third-order valence-electron chi connectivity index (χ3n) is 5.64. The van der Waals surface area contributed by atoms with Crippen LogP contribution in [0.4, 0.5) is 11.4 Å². The quantitative estimate of drug-likeness (QED) is 0.448. The summed E-state index contributed by atoms with van der Waals surface area (Å²) in [4.78, 5) is 19.5. The number of carbonyl (C=O) groups excluding carboxylic acids is 1. The molecule has 0 bridgehead atoms. The Hall–Kier alpha value is -3.71. The van der Waals surface area contributed by atoms with Crippen molar-refractivity contribution in [1.82, 2.24) is 9.55 Å². The van der Waals surface area contributed by atoms with Crippen molar-refractivity contribution in [2.24, 2.45) is 0 Å². The molecule has 1 aromatic heterocycles. The van der Waals surface area contributed by atoms with Crippen LogP contribution in [-0.4, -0.2) is 35.7 Å². The molecule has 0 fully saturated rings. The van der Waals surface area contributed by atoms with Crippen molar-refractivity contribution >= 4 is 39.9 Å². The largest absolute Gasteiger partial charge is 0.493 e. The second kappa shape index (κ2) is 9.03. The number of aromatic nitrogens is 2. The van der Waals surface area contributed by atoms with Gasteiger partial charge in [0.2, 0.25) is 0 Å². The van der Waals surface area contributed by atoms with Gasteiger partial charge in [-0.25, -0.2) is 4.98 Å². The molecule has 3 aromatic carbocycles. The average molecular weight is 463 g/mol. The SMILES string of the molecule is COc1ccccc1OCC(=O)Nc1cccc(N2CCn3c(nc4cc(Cl)ccc43)C2)c1. The molecule has 1 aliphatic heterocycles. The lowest BCUT2D eigenvalue weighted by atomic mass is 10.2. The summed E-state index contributed by atoms with van der Waals surface area (Å²) in [6.45, 7) is 2.24. The summed E-state index contributed by atoms with van der Waals surface area (Å²) in [6, 6.07) is 20.9. The Morgan fingerprint density at radius 3 is 2.76 bits per heavy atom. The van der Waals surface area contributed by atoms with Gasteiger partial charge in [0.25, 0.3) is 5.91 Å². The molecule has 5 rings (SSSR count). The van der Waals surface area contributed by atoms with E-state index in [1.807, 2.05) is 54.6 Å². The zero-order valence-electron chi connectivity index (χ0n) is 18.1. The summed E-state index contributed by atoms with van der Waals surface area (Å²) in [5.41, 5.74) is 3.75. The maximum atomic E-state index is 12.4. The Bertz CT molecular complexity index is 1320. The van der Waals surface area contributed by atoms with Gasteiger partial charge >= 0.3 is 0 Å². The van der Waals surface area contributed by atoms with Crippen LogP contribution in [0.15, 0.2) is 66.7 Å². The van der Waals surface area contributed by atoms with Gasteiger partial charge in [-0.15, -0.1) is 0 Å². The summed E-state index contributed by atoms with van der Waals surface area (Å²) in [6.07, 6.45) is 0. The van der Waals surface area contributed by atoms with E-state index in [0.717, 1.165) is 35.6 Å². The predicted octanol–water partition coefficient (Wildman–Crippen LogP) is 4.74. The Morgan fingerprint density at radius 1 is 1.06 bits per heavy atom. The van der Waals surface area contributed by atoms with Crippen LogP contribution in [0.2, 0.25) is 5.02 Å². The number of hydrogen-bond donors (Lipinski definition) is 1. The van der Waals surface area contributed by atoms with Crippen molar-refractivity contribution in [3.8, 4) is 11.5 Å². The molecule has 2 heterocycles. The summed E-state index contributed by atoms with van der Waals surface area (Å²) < 4.78 is 13.1. The fourth-order valence-electron chi connectivity index (χ4n) is 4.07. The van der Waals surface area contributed by atoms with Gasteiger partial charge in [0, 0.05) is 29.5 Å². The van der Waals surface area contributed by atoms with E-state index in [4.69, 9.17) is 26.1 Å². The summed E-state index contributed by atoms with van der Waals surface area (Å²) >= 11 is 6.13. The lowest BCUT2D eigenvalue weighted by Gasteiger charge is -2.30. The van der Waals surface area contributed by atoms with Crippen molar-refractivity contribution in [3.05, 3.63) is 77.6 Å². The number of rotatable bonds is 6. The molecule has 0 saturated heterocycles. The second-order valence-corrected chi connectivity index (χ2v) is 8.21. The molecule has 0 saturated carbocycles. The fourth-order valence-corrected chi connectivity index (χ4v) is 4.24. The molecule has 1 aliphatic rings. The maximum absolute atomic E-state index is 12.4. The highest BCUT2D eigenvalue weighted by molar-refractivity contribution is 6.31. The summed E-state index contributed by atoms with van der Waals surface area (Å²) in [5, 5.41) is 3.60. The Balaban J connectivity index is 1.26. The van der Waals surface area contributed by atoms with Crippen LogP contribution in [0.3, 0.4) is 0 Å². The lowest BCUT2D eigenvalue weighted by molar-refractivity contribution is -0.118. The number of nitrogens with zero attached hydrogens (tertiary/aromatic N) is 3. The molecule has 0 unspecified atom stereocenters. The van der Waals surface area contributed by atoms with Crippen LogP contribution < -0.4 is 19.7 Å². The predicted molar refractivity (Wildman–Crippen MR) is 129 cm³/mol. The number of halogens is 1. The molecule has 0 radical (unpaired) electrons. The molecule has 1 amide bonds. The number of anilines is 2. The molecular formula is C25H23ClN4O3. The van der Waals surface area contributed by atoms with Gasteiger partial charge in [0.1, 0.15) is 5.82 Å². The average Bonchev–Trinajstić information content (AvgIpc) is 3.19. The smallest absolute Gasteiger partial charge is 0.262 e. The van der Waals surface area contributed by atoms with Crippen molar-refractivity contribution in [2.45, 2.75) is 13.1 Å². The Kier molecular flexibility index (Phi) is 5.79. The van der Waals surface area contributed by atoms with Crippen LogP contribution >= 0.6 is 11.6 Å². The lowest BCUT2D eigenvalue weighted by Crippen LogP contribution is -2.33. The number of hydrogen-bond acceptors (Lipinski definition) is 5. The van der Waals surface area contributed by atoms with Crippen molar-refractivity contribution in [3.63, 3.8) is 0 Å². The fraction of sp³-hybridized carbons (Fsp3) is 0.200. The molecule has 168 valence electrons. The molecule has 4 aromatic rings. The zero-order valence-corrected chi connectivity index (χ0v) is 18.9. The van der Waals surface area contributed by atoms with Crippen molar-refractivity contribution in [1.29, 1.82) is 0 Å². The van der Waals surface area contributed by atoms with Crippen molar-refractivity contribution in [2.75, 3.05) is 30.5 Å². The molecular weight excluding hydrogens is 440 g/mol. The highest BCUT2D eigenvalue weighted by Crippen LogP contribution is 2.28. The molecule has 8 heteroatoms. The number of amides is 1. The number of imidazole rings is 1. The van der Waals surface area contributed by atoms with Gasteiger partial charge in [-0.05, 0) is 48.5 Å². The number of nitrogens with one attached hydrogen (secondary N) is 1. The molecule has 0 spiro atoms. The normalized spacial score (nSPS) is 13.0. The summed E-state index contributed by atoms with van der Waals surface area (Å²) in [5.74, 6) is 1.88. The monoisotopic (exact) mass is 462 g/mol. The van der Waals surface area contributed by atoms with Crippen LogP contribution in [-0.2, 0) is 17.9 Å². The molecule has 33 heavy (non-hydrogen) atoms. The zero-order chi connectivity index (χ0) is 22.8. The Morgan fingerprint density at radius 2 is 1.91 bits per heavy atom. The first-order chi connectivity index (χ1) is 16.1. The van der Waals surface area contributed by atoms with E-state index in [1.165, 1.54) is 0 Å². The minimum atomic E-state index is -0.240. The van der Waals surface area contributed by atoms with Crippen LogP contribution in [0.25, 0.3) is 11.0 Å². The Labute approximate surface area is 196 Å². The summed E-state index contributed by atoms with van der Waals surface area (Å²) in [7, 11) is 1.57. The number of carbonyl (C=O) groups is 1. The van der Waals surface area contributed by atoms with Gasteiger partial charge in [-0.3, -0.25) is 4.79 Å². The number of benzene rings is 3. The van der Waals surface area contributed by atoms with Gasteiger partial charge < -0.3 is 24.3 Å². The third kappa shape index (κ3) is 4.45.